The largest absolute Gasteiger partial charge is 0.497 e. The van der Waals surface area contributed by atoms with Gasteiger partial charge in [-0.05, 0) is 55.5 Å². The molecule has 0 bridgehead atoms. The lowest BCUT2D eigenvalue weighted by Gasteiger charge is -2.42. The summed E-state index contributed by atoms with van der Waals surface area (Å²) in [5, 5.41) is -0.479. The van der Waals surface area contributed by atoms with Crippen LogP contribution in [0.15, 0.2) is 59.5 Å². The third kappa shape index (κ3) is 4.21. The van der Waals surface area contributed by atoms with Crippen molar-refractivity contribution < 1.29 is 22.7 Å². The van der Waals surface area contributed by atoms with Crippen molar-refractivity contribution in [3.8, 4) is 5.75 Å². The number of nitrogens with zero attached hydrogens (tertiary/aromatic N) is 1. The molecule has 7 heteroatoms. The van der Waals surface area contributed by atoms with Crippen LogP contribution in [0.5, 0.6) is 5.75 Å². The predicted octanol–water partition coefficient (Wildman–Crippen LogP) is 3.21. The Morgan fingerprint density at radius 3 is 2.19 bits per heavy atom. The van der Waals surface area contributed by atoms with Crippen LogP contribution in [0.1, 0.15) is 31.2 Å². The van der Waals surface area contributed by atoms with Gasteiger partial charge in [0.2, 0.25) is 5.91 Å². The lowest BCUT2D eigenvalue weighted by atomic mass is 9.72. The number of carbonyl (C=O) groups is 1. The van der Waals surface area contributed by atoms with Crippen LogP contribution in [0.25, 0.3) is 0 Å². The first-order valence-corrected chi connectivity index (χ1v) is 12.3. The zero-order valence-corrected chi connectivity index (χ0v) is 18.6. The van der Waals surface area contributed by atoms with E-state index in [2.05, 4.69) is 0 Å². The molecule has 0 radical (unpaired) electrons. The highest BCUT2D eigenvalue weighted by Crippen LogP contribution is 2.38. The number of benzene rings is 2. The maximum Gasteiger partial charge on any atom is 0.233 e. The van der Waals surface area contributed by atoms with E-state index in [-0.39, 0.29) is 5.91 Å². The SMILES string of the molecule is COc1ccc(S(=O)(=O)C2CCN(C(=O)C3(c4ccccc4)CCOCC3)CC2)cc1. The van der Waals surface area contributed by atoms with Gasteiger partial charge in [0.25, 0.3) is 0 Å². The van der Waals surface area contributed by atoms with Gasteiger partial charge in [0.05, 0.1) is 22.7 Å². The molecule has 31 heavy (non-hydrogen) atoms. The Labute approximate surface area is 184 Å². The second kappa shape index (κ2) is 9.01. The van der Waals surface area contributed by atoms with Crippen LogP contribution in [0.2, 0.25) is 0 Å². The van der Waals surface area contributed by atoms with E-state index >= 15 is 0 Å². The summed E-state index contributed by atoms with van der Waals surface area (Å²) in [4.78, 5) is 15.8. The van der Waals surface area contributed by atoms with E-state index in [4.69, 9.17) is 9.47 Å². The lowest BCUT2D eigenvalue weighted by Crippen LogP contribution is -2.53. The number of hydrogen-bond donors (Lipinski definition) is 0. The van der Waals surface area contributed by atoms with Crippen molar-refractivity contribution in [1.82, 2.24) is 4.90 Å². The Hall–Kier alpha value is -2.38. The number of piperidine rings is 1. The minimum atomic E-state index is -3.44. The molecule has 0 N–H and O–H groups in total. The number of ether oxygens (including phenoxy) is 2. The third-order valence-electron chi connectivity index (χ3n) is 6.64. The van der Waals surface area contributed by atoms with Crippen LogP contribution in [0.3, 0.4) is 0 Å². The van der Waals surface area contributed by atoms with Crippen molar-refractivity contribution in [2.45, 2.75) is 41.2 Å². The van der Waals surface area contributed by atoms with E-state index in [1.165, 1.54) is 0 Å². The highest BCUT2D eigenvalue weighted by Gasteiger charge is 2.45. The molecule has 0 spiro atoms. The fraction of sp³-hybridized carbons (Fsp3) is 0.458. The summed E-state index contributed by atoms with van der Waals surface area (Å²) in [5.74, 6) is 0.726. The topological polar surface area (TPSA) is 72.9 Å². The van der Waals surface area contributed by atoms with Gasteiger partial charge in [0, 0.05) is 26.3 Å². The molecule has 6 nitrogen and oxygen atoms in total. The molecule has 0 aliphatic carbocycles. The molecule has 166 valence electrons. The van der Waals surface area contributed by atoms with Crippen LogP contribution in [-0.2, 0) is 24.8 Å². The van der Waals surface area contributed by atoms with Gasteiger partial charge in [0.15, 0.2) is 9.84 Å². The molecule has 2 saturated heterocycles. The summed E-state index contributed by atoms with van der Waals surface area (Å²) in [6.07, 6.45) is 2.20. The Morgan fingerprint density at radius 1 is 1.00 bits per heavy atom. The Bertz CT molecular complexity index is 990. The first-order valence-electron chi connectivity index (χ1n) is 10.8. The first kappa shape index (κ1) is 21.8. The van der Waals surface area contributed by atoms with Gasteiger partial charge in [0.1, 0.15) is 5.75 Å². The molecule has 2 aliphatic rings. The number of amides is 1. The van der Waals surface area contributed by atoms with Gasteiger partial charge < -0.3 is 14.4 Å². The first-order chi connectivity index (χ1) is 15.0. The Balaban J connectivity index is 1.49. The van der Waals surface area contributed by atoms with Gasteiger partial charge in [-0.15, -0.1) is 0 Å². The number of sulfone groups is 1. The molecule has 0 unspecified atom stereocenters. The van der Waals surface area contributed by atoms with E-state index in [0.29, 0.717) is 62.6 Å². The number of likely N-dealkylation sites (tertiary alicyclic amines) is 1. The van der Waals surface area contributed by atoms with E-state index in [0.717, 1.165) is 5.56 Å². The molecule has 0 saturated carbocycles. The fourth-order valence-electron chi connectivity index (χ4n) is 4.73. The van der Waals surface area contributed by atoms with Crippen LogP contribution < -0.4 is 4.74 Å². The van der Waals surface area contributed by atoms with E-state index in [1.54, 1.807) is 31.4 Å². The van der Waals surface area contributed by atoms with E-state index in [1.807, 2.05) is 35.2 Å². The zero-order valence-electron chi connectivity index (χ0n) is 17.8. The molecule has 0 aromatic heterocycles. The van der Waals surface area contributed by atoms with E-state index < -0.39 is 20.5 Å². The van der Waals surface area contributed by atoms with Gasteiger partial charge >= 0.3 is 0 Å². The molecule has 2 fully saturated rings. The van der Waals surface area contributed by atoms with Crippen molar-refractivity contribution in [3.05, 3.63) is 60.2 Å². The number of rotatable bonds is 5. The van der Waals surface area contributed by atoms with Gasteiger partial charge in [-0.25, -0.2) is 8.42 Å². The average Bonchev–Trinajstić information content (AvgIpc) is 2.84. The third-order valence-corrected chi connectivity index (χ3v) is 8.92. The van der Waals surface area contributed by atoms with Crippen molar-refractivity contribution in [2.24, 2.45) is 0 Å². The standard InChI is InChI=1S/C24H29NO5S/c1-29-20-7-9-21(10-8-20)31(27,28)22-11-15-25(16-12-22)23(26)24(13-17-30-18-14-24)19-5-3-2-4-6-19/h2-10,22H,11-18H2,1H3. The number of hydrogen-bond acceptors (Lipinski definition) is 5. The minimum absolute atomic E-state index is 0.0993. The maximum atomic E-state index is 13.7. The smallest absolute Gasteiger partial charge is 0.233 e. The summed E-state index contributed by atoms with van der Waals surface area (Å²) in [7, 11) is -1.89. The second-order valence-electron chi connectivity index (χ2n) is 8.27. The van der Waals surface area contributed by atoms with Crippen LogP contribution in [0.4, 0.5) is 0 Å². The maximum absolute atomic E-state index is 13.7. The van der Waals surface area contributed by atoms with Crippen molar-refractivity contribution in [2.75, 3.05) is 33.4 Å². The minimum Gasteiger partial charge on any atom is -0.497 e. The van der Waals surface area contributed by atoms with Crippen molar-refractivity contribution in [3.63, 3.8) is 0 Å². The monoisotopic (exact) mass is 443 g/mol. The zero-order chi connectivity index (χ0) is 21.9. The summed E-state index contributed by atoms with van der Waals surface area (Å²) in [6.45, 7) is 2.02. The number of carbonyl (C=O) groups excluding carboxylic acids is 1. The van der Waals surface area contributed by atoms with E-state index in [9.17, 15) is 13.2 Å². The quantitative estimate of drug-likeness (QED) is 0.710. The van der Waals surface area contributed by atoms with Gasteiger partial charge in [-0.1, -0.05) is 30.3 Å². The molecular weight excluding hydrogens is 414 g/mol. The van der Waals surface area contributed by atoms with Crippen LogP contribution in [0, 0.1) is 0 Å². The average molecular weight is 444 g/mol. The molecule has 2 aromatic rings. The summed E-state index contributed by atoms with van der Waals surface area (Å²) in [6, 6.07) is 16.4. The molecule has 2 aromatic carbocycles. The molecular formula is C24H29NO5S. The highest BCUT2D eigenvalue weighted by atomic mass is 32.2. The highest BCUT2D eigenvalue weighted by molar-refractivity contribution is 7.92. The summed E-state index contributed by atoms with van der Waals surface area (Å²) < 4.78 is 36.9. The molecule has 2 heterocycles. The summed E-state index contributed by atoms with van der Waals surface area (Å²) in [5.41, 5.74) is 0.442. The summed E-state index contributed by atoms with van der Waals surface area (Å²) >= 11 is 0. The van der Waals surface area contributed by atoms with Crippen LogP contribution >= 0.6 is 0 Å². The van der Waals surface area contributed by atoms with Crippen molar-refractivity contribution in [1.29, 1.82) is 0 Å². The second-order valence-corrected chi connectivity index (χ2v) is 10.5. The van der Waals surface area contributed by atoms with Gasteiger partial charge in [-0.2, -0.15) is 0 Å². The molecule has 1 amide bonds. The molecule has 0 atom stereocenters. The van der Waals surface area contributed by atoms with Gasteiger partial charge in [-0.3, -0.25) is 4.79 Å². The Kier molecular flexibility index (Phi) is 6.34. The Morgan fingerprint density at radius 2 is 1.61 bits per heavy atom. The lowest BCUT2D eigenvalue weighted by molar-refractivity contribution is -0.142. The fourth-order valence-corrected chi connectivity index (χ4v) is 6.46. The van der Waals surface area contributed by atoms with Crippen LogP contribution in [-0.4, -0.2) is 57.9 Å². The molecule has 2 aliphatic heterocycles. The van der Waals surface area contributed by atoms with Crippen molar-refractivity contribution >= 4 is 15.7 Å². The number of methoxy groups -OCH3 is 1. The molecule has 4 rings (SSSR count). The predicted molar refractivity (Wildman–Crippen MR) is 118 cm³/mol. The normalized spacial score (nSPS) is 19.7.